The van der Waals surface area contributed by atoms with Crippen molar-refractivity contribution in [2.24, 2.45) is 4.99 Å². The number of rotatable bonds is 3. The van der Waals surface area contributed by atoms with Crippen LogP contribution in [0, 0.1) is 0 Å². The molecule has 8 nitrogen and oxygen atoms in total. The van der Waals surface area contributed by atoms with E-state index in [0.717, 1.165) is 11.9 Å². The third kappa shape index (κ3) is 5.17. The van der Waals surface area contributed by atoms with Gasteiger partial charge >= 0.3 is 16.2 Å². The van der Waals surface area contributed by atoms with Crippen molar-refractivity contribution in [3.63, 3.8) is 0 Å². The lowest BCUT2D eigenvalue weighted by molar-refractivity contribution is 0.0564. The van der Waals surface area contributed by atoms with Crippen LogP contribution in [-0.4, -0.2) is 25.3 Å². The average Bonchev–Trinajstić information content (AvgIpc) is 2.60. The van der Waals surface area contributed by atoms with E-state index >= 15 is 0 Å². The number of hydrogen-bond acceptors (Lipinski definition) is 8. The van der Waals surface area contributed by atoms with Crippen LogP contribution >= 0.6 is 11.9 Å². The smallest absolute Gasteiger partial charge is 0.413 e. The molecule has 2 aromatic rings. The van der Waals surface area contributed by atoms with Crippen molar-refractivity contribution in [1.29, 1.82) is 0 Å². The van der Waals surface area contributed by atoms with Crippen LogP contribution in [0.25, 0.3) is 0 Å². The maximum Gasteiger partial charge on any atom is 0.413 e. The number of alkyl carbamates (subject to hydrolysis) is 1. The Balaban J connectivity index is 1.76. The molecule has 0 aliphatic carbocycles. The minimum Gasteiger partial charge on any atom is -0.444 e. The molecule has 0 unspecified atom stereocenters. The number of para-hydroxylation sites is 1. The Labute approximate surface area is 167 Å². The summed E-state index contributed by atoms with van der Waals surface area (Å²) in [6.45, 7) is 5.28. The number of ether oxygens (including phenoxy) is 1. The quantitative estimate of drug-likeness (QED) is 0.569. The molecule has 2 N–H and O–H groups in total. The molecule has 0 bridgehead atoms. The maximum atomic E-state index is 12.5. The van der Waals surface area contributed by atoms with Crippen LogP contribution in [-0.2, 0) is 14.9 Å². The molecule has 28 heavy (non-hydrogen) atoms. The van der Waals surface area contributed by atoms with Crippen LogP contribution in [0.1, 0.15) is 20.8 Å². The van der Waals surface area contributed by atoms with Gasteiger partial charge in [0, 0.05) is 11.9 Å². The summed E-state index contributed by atoms with van der Waals surface area (Å²) in [6.07, 6.45) is -0.626. The second kappa shape index (κ2) is 7.72. The molecule has 0 fully saturated rings. The monoisotopic (exact) mass is 421 g/mol. The van der Waals surface area contributed by atoms with Crippen LogP contribution in [0.5, 0.6) is 5.75 Å². The Morgan fingerprint density at radius 2 is 1.86 bits per heavy atom. The van der Waals surface area contributed by atoms with Gasteiger partial charge in [-0.15, -0.1) is 0 Å². The van der Waals surface area contributed by atoms with Gasteiger partial charge in [-0.1, -0.05) is 18.2 Å². The van der Waals surface area contributed by atoms with Crippen molar-refractivity contribution in [2.45, 2.75) is 31.3 Å². The van der Waals surface area contributed by atoms with E-state index in [2.05, 4.69) is 15.0 Å². The van der Waals surface area contributed by atoms with Crippen molar-refractivity contribution >= 4 is 44.7 Å². The zero-order valence-electron chi connectivity index (χ0n) is 15.4. The predicted molar refractivity (Wildman–Crippen MR) is 108 cm³/mol. The number of nitrogens with one attached hydrogen (secondary N) is 2. The molecule has 1 aliphatic heterocycles. The standard InChI is InChI=1S/C18H19N3O5S2/c1-18(2,3)25-17(22)20-16-19-14-10-9-13(11-15(14)21-27-16)28(23,24)26-12-7-5-4-6-8-12/h4-11,21H,1-3H3,(H,19,20,22). The fraction of sp³-hybridized carbons (Fsp3) is 0.222. The largest absolute Gasteiger partial charge is 0.444 e. The van der Waals surface area contributed by atoms with Gasteiger partial charge in [-0.05, 0) is 51.1 Å². The molecule has 0 spiro atoms. The molecule has 2 aromatic carbocycles. The van der Waals surface area contributed by atoms with Gasteiger partial charge in [0.1, 0.15) is 16.2 Å². The Hall–Kier alpha value is -2.72. The Morgan fingerprint density at radius 1 is 1.14 bits per heavy atom. The van der Waals surface area contributed by atoms with Gasteiger partial charge in [-0.25, -0.2) is 9.79 Å². The summed E-state index contributed by atoms with van der Waals surface area (Å²) in [5.74, 6) is 0.226. The van der Waals surface area contributed by atoms with Crippen LogP contribution in [0.15, 0.2) is 58.4 Å². The predicted octanol–water partition coefficient (Wildman–Crippen LogP) is 4.04. The fourth-order valence-corrected chi connectivity index (χ4v) is 3.79. The van der Waals surface area contributed by atoms with Crippen LogP contribution in [0.3, 0.4) is 0 Å². The molecular weight excluding hydrogens is 402 g/mol. The second-order valence-corrected chi connectivity index (χ2v) is 9.12. The topological polar surface area (TPSA) is 106 Å². The Bertz CT molecular complexity index is 1020. The first-order valence-electron chi connectivity index (χ1n) is 8.27. The van der Waals surface area contributed by atoms with Gasteiger partial charge in [-0.2, -0.15) is 8.42 Å². The van der Waals surface area contributed by atoms with Crippen molar-refractivity contribution in [3.8, 4) is 5.75 Å². The summed E-state index contributed by atoms with van der Waals surface area (Å²) in [4.78, 5) is 16.1. The first kappa shape index (κ1) is 20.0. The molecule has 0 saturated carbocycles. The Morgan fingerprint density at radius 3 is 2.54 bits per heavy atom. The summed E-state index contributed by atoms with van der Waals surface area (Å²) in [6, 6.07) is 12.6. The molecule has 1 aliphatic rings. The number of amides is 1. The molecule has 0 atom stereocenters. The summed E-state index contributed by atoms with van der Waals surface area (Å²) in [5, 5.41) is 2.83. The van der Waals surface area contributed by atoms with E-state index in [1.165, 1.54) is 18.2 Å². The molecule has 0 radical (unpaired) electrons. The molecule has 148 valence electrons. The van der Waals surface area contributed by atoms with E-state index in [1.807, 2.05) is 0 Å². The lowest BCUT2D eigenvalue weighted by Gasteiger charge is -2.21. The van der Waals surface area contributed by atoms with Crippen molar-refractivity contribution < 1.29 is 22.1 Å². The number of anilines is 1. The van der Waals surface area contributed by atoms with Gasteiger partial charge in [0.05, 0.1) is 11.4 Å². The number of benzene rings is 2. The minimum atomic E-state index is -3.99. The zero-order chi connectivity index (χ0) is 20.4. The van der Waals surface area contributed by atoms with Gasteiger partial charge in [0.15, 0.2) is 5.17 Å². The highest BCUT2D eigenvalue weighted by Gasteiger charge is 2.23. The van der Waals surface area contributed by atoms with Gasteiger partial charge < -0.3 is 13.6 Å². The molecular formula is C18H19N3O5S2. The molecule has 3 rings (SSSR count). The number of amidine groups is 1. The summed E-state index contributed by atoms with van der Waals surface area (Å²) >= 11 is 1.04. The first-order chi connectivity index (χ1) is 13.1. The van der Waals surface area contributed by atoms with E-state index in [4.69, 9.17) is 8.92 Å². The molecule has 1 heterocycles. The zero-order valence-corrected chi connectivity index (χ0v) is 17.1. The molecule has 0 saturated heterocycles. The SMILES string of the molecule is CC(C)(C)OC(=O)NC1=Nc2ccc(S(=O)(=O)Oc3ccccc3)cc2NS1. The van der Waals surface area contributed by atoms with Crippen molar-refractivity contribution in [1.82, 2.24) is 5.32 Å². The molecule has 10 heteroatoms. The van der Waals surface area contributed by atoms with Crippen LogP contribution < -0.4 is 14.2 Å². The van der Waals surface area contributed by atoms with E-state index in [0.29, 0.717) is 11.4 Å². The van der Waals surface area contributed by atoms with E-state index < -0.39 is 21.8 Å². The number of carbonyl (C=O) groups is 1. The third-order valence-electron chi connectivity index (χ3n) is 3.29. The summed E-state index contributed by atoms with van der Waals surface area (Å²) in [5.41, 5.74) is 0.332. The van der Waals surface area contributed by atoms with Gasteiger partial charge in [0.25, 0.3) is 0 Å². The maximum absolute atomic E-state index is 12.5. The number of nitrogens with zero attached hydrogens (tertiary/aromatic N) is 1. The van der Waals surface area contributed by atoms with Crippen molar-refractivity contribution in [3.05, 3.63) is 48.5 Å². The highest BCUT2D eigenvalue weighted by molar-refractivity contribution is 8.15. The third-order valence-corrected chi connectivity index (χ3v) is 5.25. The number of aliphatic imine (C=N–C) groups is 1. The number of hydrogen-bond donors (Lipinski definition) is 2. The lowest BCUT2D eigenvalue weighted by Crippen LogP contribution is -2.36. The highest BCUT2D eigenvalue weighted by atomic mass is 32.2. The fourth-order valence-electron chi connectivity index (χ4n) is 2.18. The Kier molecular flexibility index (Phi) is 5.52. The molecule has 1 amide bonds. The van der Waals surface area contributed by atoms with Crippen molar-refractivity contribution in [2.75, 3.05) is 4.72 Å². The average molecular weight is 422 g/mol. The lowest BCUT2D eigenvalue weighted by atomic mass is 10.2. The second-order valence-electron chi connectivity index (χ2n) is 6.78. The number of carbonyl (C=O) groups excluding carboxylic acids is 1. The van der Waals surface area contributed by atoms with E-state index in [1.54, 1.807) is 51.1 Å². The summed E-state index contributed by atoms with van der Waals surface area (Å²) in [7, 11) is -3.99. The minimum absolute atomic E-state index is 0.0121. The summed E-state index contributed by atoms with van der Waals surface area (Å²) < 4.78 is 38.2. The first-order valence-corrected chi connectivity index (χ1v) is 10.5. The van der Waals surface area contributed by atoms with E-state index in [9.17, 15) is 13.2 Å². The normalized spacial score (nSPS) is 13.6. The number of fused-ring (bicyclic) bond motifs is 1. The van der Waals surface area contributed by atoms with E-state index in [-0.39, 0.29) is 15.8 Å². The molecule has 0 aromatic heterocycles. The van der Waals surface area contributed by atoms with Crippen LogP contribution in [0.4, 0.5) is 16.2 Å². The highest BCUT2D eigenvalue weighted by Crippen LogP contribution is 2.35. The van der Waals surface area contributed by atoms with Gasteiger partial charge in [-0.3, -0.25) is 5.32 Å². The van der Waals surface area contributed by atoms with Gasteiger partial charge in [0.2, 0.25) is 0 Å². The van der Waals surface area contributed by atoms with Crippen LogP contribution in [0.2, 0.25) is 0 Å².